The summed E-state index contributed by atoms with van der Waals surface area (Å²) in [7, 11) is 3.33. The largest absolute Gasteiger partial charge is 0.382 e. The third kappa shape index (κ3) is 3.75. The fourth-order valence-electron chi connectivity index (χ4n) is 1.80. The van der Waals surface area contributed by atoms with E-state index < -0.39 is 11.6 Å². The number of ether oxygens (including phenoxy) is 1. The minimum Gasteiger partial charge on any atom is -0.382 e. The highest BCUT2D eigenvalue weighted by atomic mass is 19.1. The Balaban J connectivity index is 2.79. The zero-order chi connectivity index (χ0) is 12.8. The Labute approximate surface area is 101 Å². The minimum absolute atomic E-state index is 0.0840. The first kappa shape index (κ1) is 14.1. The summed E-state index contributed by atoms with van der Waals surface area (Å²) in [5, 5.41) is 2.94. The summed E-state index contributed by atoms with van der Waals surface area (Å²) in [6, 6.07) is 3.61. The van der Waals surface area contributed by atoms with E-state index in [2.05, 4.69) is 5.32 Å². The van der Waals surface area contributed by atoms with E-state index in [0.717, 1.165) is 6.42 Å². The quantitative estimate of drug-likeness (QED) is 0.829. The molecular formula is C13H19F2NO. The Morgan fingerprint density at radius 1 is 1.24 bits per heavy atom. The monoisotopic (exact) mass is 243 g/mol. The molecule has 2 nitrogen and oxygen atoms in total. The van der Waals surface area contributed by atoms with Gasteiger partial charge in [-0.05, 0) is 38.9 Å². The van der Waals surface area contributed by atoms with Crippen molar-refractivity contribution in [3.05, 3.63) is 35.4 Å². The van der Waals surface area contributed by atoms with Gasteiger partial charge < -0.3 is 10.1 Å². The molecule has 0 saturated carbocycles. The van der Waals surface area contributed by atoms with Gasteiger partial charge in [-0.25, -0.2) is 8.78 Å². The first-order chi connectivity index (χ1) is 8.10. The number of hydrogen-bond acceptors (Lipinski definition) is 2. The molecule has 0 radical (unpaired) electrons. The van der Waals surface area contributed by atoms with Crippen LogP contribution < -0.4 is 5.32 Å². The van der Waals surface area contributed by atoms with Gasteiger partial charge in [-0.1, -0.05) is 6.07 Å². The van der Waals surface area contributed by atoms with E-state index in [9.17, 15) is 8.78 Å². The average molecular weight is 243 g/mol. The van der Waals surface area contributed by atoms with E-state index in [0.29, 0.717) is 6.42 Å². The number of benzene rings is 1. The first-order valence-corrected chi connectivity index (χ1v) is 5.74. The number of halogens is 2. The number of hydrogen-bond donors (Lipinski definition) is 1. The molecule has 0 spiro atoms. The molecule has 0 aromatic heterocycles. The van der Waals surface area contributed by atoms with Gasteiger partial charge in [0.1, 0.15) is 11.6 Å². The van der Waals surface area contributed by atoms with Crippen LogP contribution in [0.25, 0.3) is 0 Å². The lowest BCUT2D eigenvalue weighted by Gasteiger charge is -2.19. The van der Waals surface area contributed by atoms with Gasteiger partial charge in [0.25, 0.3) is 0 Å². The zero-order valence-corrected chi connectivity index (χ0v) is 10.5. The summed E-state index contributed by atoms with van der Waals surface area (Å²) >= 11 is 0. The summed E-state index contributed by atoms with van der Waals surface area (Å²) in [6.45, 7) is 1.93. The van der Waals surface area contributed by atoms with Gasteiger partial charge in [0.05, 0.1) is 6.10 Å². The third-order valence-corrected chi connectivity index (χ3v) is 2.96. The minimum atomic E-state index is -0.505. The predicted molar refractivity (Wildman–Crippen MR) is 63.9 cm³/mol. The van der Waals surface area contributed by atoms with Crippen molar-refractivity contribution in [2.24, 2.45) is 0 Å². The lowest BCUT2D eigenvalue weighted by molar-refractivity contribution is 0.106. The molecule has 4 heteroatoms. The van der Waals surface area contributed by atoms with Gasteiger partial charge in [-0.15, -0.1) is 0 Å². The van der Waals surface area contributed by atoms with E-state index in [-0.39, 0.29) is 17.7 Å². The van der Waals surface area contributed by atoms with Crippen LogP contribution in [0.2, 0.25) is 0 Å². The van der Waals surface area contributed by atoms with Gasteiger partial charge in [-0.3, -0.25) is 0 Å². The van der Waals surface area contributed by atoms with Crippen molar-refractivity contribution < 1.29 is 13.5 Å². The van der Waals surface area contributed by atoms with E-state index in [1.807, 2.05) is 6.92 Å². The standard InChI is InChI=1S/C13H19F2NO/c1-9(17-3)7-8-12(16-2)13-10(14)5-4-6-11(13)15/h4-6,9,12,16H,7-8H2,1-3H3. The Morgan fingerprint density at radius 3 is 2.29 bits per heavy atom. The maximum absolute atomic E-state index is 13.6. The van der Waals surface area contributed by atoms with Crippen LogP contribution in [0.3, 0.4) is 0 Å². The van der Waals surface area contributed by atoms with E-state index in [4.69, 9.17) is 4.74 Å². The molecule has 0 aliphatic heterocycles. The second-order valence-corrected chi connectivity index (χ2v) is 4.10. The maximum Gasteiger partial charge on any atom is 0.130 e. The molecule has 17 heavy (non-hydrogen) atoms. The summed E-state index contributed by atoms with van der Waals surface area (Å²) < 4.78 is 32.3. The van der Waals surface area contributed by atoms with Crippen LogP contribution >= 0.6 is 0 Å². The van der Waals surface area contributed by atoms with Crippen molar-refractivity contribution >= 4 is 0 Å². The van der Waals surface area contributed by atoms with Crippen molar-refractivity contribution in [2.75, 3.05) is 14.2 Å². The first-order valence-electron chi connectivity index (χ1n) is 5.74. The van der Waals surface area contributed by atoms with Crippen molar-refractivity contribution in [1.82, 2.24) is 5.32 Å². The van der Waals surface area contributed by atoms with Gasteiger partial charge in [0.2, 0.25) is 0 Å². The number of nitrogens with one attached hydrogen (secondary N) is 1. The topological polar surface area (TPSA) is 21.3 Å². The van der Waals surface area contributed by atoms with Gasteiger partial charge >= 0.3 is 0 Å². The highest BCUT2D eigenvalue weighted by Crippen LogP contribution is 2.24. The van der Waals surface area contributed by atoms with Crippen LogP contribution in [0, 0.1) is 11.6 Å². The molecular weight excluding hydrogens is 224 g/mol. The van der Waals surface area contributed by atoms with Crippen LogP contribution in [0.15, 0.2) is 18.2 Å². The zero-order valence-electron chi connectivity index (χ0n) is 10.5. The SMILES string of the molecule is CNC(CCC(C)OC)c1c(F)cccc1F. The molecule has 1 aromatic carbocycles. The second kappa shape index (κ2) is 6.67. The normalized spacial score (nSPS) is 14.6. The smallest absolute Gasteiger partial charge is 0.130 e. The molecule has 0 aliphatic rings. The lowest BCUT2D eigenvalue weighted by atomic mass is 9.99. The summed E-state index contributed by atoms with van der Waals surface area (Å²) in [4.78, 5) is 0. The van der Waals surface area contributed by atoms with E-state index in [1.54, 1.807) is 14.2 Å². The fraction of sp³-hybridized carbons (Fsp3) is 0.538. The van der Waals surface area contributed by atoms with Crippen LogP contribution in [0.5, 0.6) is 0 Å². The maximum atomic E-state index is 13.6. The molecule has 2 unspecified atom stereocenters. The van der Waals surface area contributed by atoms with E-state index in [1.165, 1.54) is 18.2 Å². The molecule has 0 heterocycles. The molecule has 2 atom stereocenters. The average Bonchev–Trinajstić information content (AvgIpc) is 2.32. The van der Waals surface area contributed by atoms with E-state index >= 15 is 0 Å². The van der Waals surface area contributed by atoms with Gasteiger partial charge in [0.15, 0.2) is 0 Å². The van der Waals surface area contributed by atoms with Crippen molar-refractivity contribution in [3.63, 3.8) is 0 Å². The summed E-state index contributed by atoms with van der Waals surface area (Å²) in [5.74, 6) is -1.01. The van der Waals surface area contributed by atoms with Gasteiger partial charge in [0, 0.05) is 18.7 Å². The molecule has 0 amide bonds. The third-order valence-electron chi connectivity index (χ3n) is 2.96. The second-order valence-electron chi connectivity index (χ2n) is 4.10. The summed E-state index contributed by atoms with van der Waals surface area (Å²) in [6.07, 6.45) is 1.46. The predicted octanol–water partition coefficient (Wildman–Crippen LogP) is 3.04. The highest BCUT2D eigenvalue weighted by molar-refractivity contribution is 5.23. The van der Waals surface area contributed by atoms with Crippen LogP contribution in [0.4, 0.5) is 8.78 Å². The van der Waals surface area contributed by atoms with Crippen molar-refractivity contribution in [3.8, 4) is 0 Å². The van der Waals surface area contributed by atoms with Crippen LogP contribution in [0.1, 0.15) is 31.4 Å². The Kier molecular flexibility index (Phi) is 5.51. The number of rotatable bonds is 6. The Morgan fingerprint density at radius 2 is 1.82 bits per heavy atom. The highest BCUT2D eigenvalue weighted by Gasteiger charge is 2.19. The molecule has 0 aliphatic carbocycles. The lowest BCUT2D eigenvalue weighted by Crippen LogP contribution is -2.21. The fourth-order valence-corrected chi connectivity index (χ4v) is 1.80. The summed E-state index contributed by atoms with van der Waals surface area (Å²) in [5.41, 5.74) is 0.110. The van der Waals surface area contributed by atoms with Gasteiger partial charge in [-0.2, -0.15) is 0 Å². The van der Waals surface area contributed by atoms with Crippen LogP contribution in [-0.4, -0.2) is 20.3 Å². The van der Waals surface area contributed by atoms with Crippen molar-refractivity contribution in [1.29, 1.82) is 0 Å². The Bertz CT molecular complexity index is 337. The Hall–Kier alpha value is -1.00. The molecule has 1 N–H and O–H groups in total. The molecule has 0 saturated heterocycles. The van der Waals surface area contributed by atoms with Crippen molar-refractivity contribution in [2.45, 2.75) is 31.9 Å². The molecule has 1 rings (SSSR count). The molecule has 0 fully saturated rings. The number of methoxy groups -OCH3 is 1. The van der Waals surface area contributed by atoms with Crippen LogP contribution in [-0.2, 0) is 4.74 Å². The molecule has 96 valence electrons. The molecule has 1 aromatic rings. The molecule has 0 bridgehead atoms.